The van der Waals surface area contributed by atoms with Crippen molar-refractivity contribution >= 4 is 11.9 Å². The fourth-order valence-electron chi connectivity index (χ4n) is 2.46. The summed E-state index contributed by atoms with van der Waals surface area (Å²) in [6.45, 7) is 0.302. The SMILES string of the molecule is CCC(C)C(=O)OCCC(CC(F)(F)F)(OC(=O)C(F)(F)C(F)(F)C(F)(F)C(F)(F)F)C(F)(F)C(F)(F)F. The molecule has 226 valence electrons. The van der Waals surface area contributed by atoms with Crippen LogP contribution >= 0.6 is 0 Å². The normalized spacial score (nSPS) is 17.0. The van der Waals surface area contributed by atoms with E-state index in [1.165, 1.54) is 6.92 Å². The first-order valence-electron chi connectivity index (χ1n) is 9.56. The van der Waals surface area contributed by atoms with Crippen LogP contribution in [-0.4, -0.2) is 66.4 Å². The number of esters is 2. The predicted octanol–water partition coefficient (Wildman–Crippen LogP) is 6.87. The van der Waals surface area contributed by atoms with Gasteiger partial charge < -0.3 is 9.47 Å². The molecule has 0 aromatic rings. The van der Waals surface area contributed by atoms with Crippen molar-refractivity contribution in [3.63, 3.8) is 0 Å². The summed E-state index contributed by atoms with van der Waals surface area (Å²) in [5.41, 5.74) is -5.76. The average molecular weight is 606 g/mol. The number of halogens is 17. The van der Waals surface area contributed by atoms with Crippen molar-refractivity contribution in [2.75, 3.05) is 6.61 Å². The van der Waals surface area contributed by atoms with Gasteiger partial charge in [0.2, 0.25) is 0 Å². The second-order valence-corrected chi connectivity index (χ2v) is 7.70. The third-order valence-corrected chi connectivity index (χ3v) is 4.87. The predicted molar refractivity (Wildman–Crippen MR) is 86.4 cm³/mol. The van der Waals surface area contributed by atoms with Crippen LogP contribution in [0.15, 0.2) is 0 Å². The zero-order valence-corrected chi connectivity index (χ0v) is 18.5. The molecule has 0 heterocycles. The Morgan fingerprint density at radius 2 is 1.11 bits per heavy atom. The fourth-order valence-corrected chi connectivity index (χ4v) is 2.46. The topological polar surface area (TPSA) is 52.6 Å². The molecule has 0 saturated carbocycles. The molecular weight excluding hydrogens is 591 g/mol. The summed E-state index contributed by atoms with van der Waals surface area (Å²) in [6, 6.07) is 0. The molecule has 21 heteroatoms. The van der Waals surface area contributed by atoms with Crippen LogP contribution in [0.3, 0.4) is 0 Å². The molecule has 0 aromatic heterocycles. The lowest BCUT2D eigenvalue weighted by molar-refractivity contribution is -0.396. The van der Waals surface area contributed by atoms with Gasteiger partial charge in [0.1, 0.15) is 0 Å². The van der Waals surface area contributed by atoms with E-state index in [1.54, 1.807) is 0 Å². The molecule has 0 saturated heterocycles. The smallest absolute Gasteiger partial charge is 0.460 e. The summed E-state index contributed by atoms with van der Waals surface area (Å²) in [7, 11) is 0. The zero-order chi connectivity index (χ0) is 31.0. The van der Waals surface area contributed by atoms with E-state index in [0.29, 0.717) is 0 Å². The summed E-state index contributed by atoms with van der Waals surface area (Å²) < 4.78 is 230. The van der Waals surface area contributed by atoms with Gasteiger partial charge in [-0.1, -0.05) is 13.8 Å². The number of ether oxygens (including phenoxy) is 2. The minimum absolute atomic E-state index is 0.116. The van der Waals surface area contributed by atoms with Crippen molar-refractivity contribution in [3.05, 3.63) is 0 Å². The molecule has 0 aromatic carbocycles. The summed E-state index contributed by atoms with van der Waals surface area (Å²) in [5, 5.41) is 0. The van der Waals surface area contributed by atoms with Gasteiger partial charge in [-0.15, -0.1) is 0 Å². The maximum absolute atomic E-state index is 14.2. The molecule has 2 atom stereocenters. The Morgan fingerprint density at radius 1 is 0.684 bits per heavy atom. The van der Waals surface area contributed by atoms with Gasteiger partial charge in [0.05, 0.1) is 18.9 Å². The fraction of sp³-hybridized carbons (Fsp3) is 0.882. The number of rotatable bonds is 11. The number of carbonyl (C=O) groups is 2. The lowest BCUT2D eigenvalue weighted by Gasteiger charge is -2.42. The largest absolute Gasteiger partial charge is 0.465 e. The Balaban J connectivity index is 6.89. The second kappa shape index (κ2) is 10.7. The minimum atomic E-state index is -7.98. The first-order valence-corrected chi connectivity index (χ1v) is 9.56. The molecule has 0 N–H and O–H groups in total. The highest BCUT2D eigenvalue weighted by atomic mass is 19.4. The Labute approximate surface area is 200 Å². The van der Waals surface area contributed by atoms with Crippen molar-refractivity contribution in [2.45, 2.75) is 80.9 Å². The molecule has 0 rings (SSSR count). The highest BCUT2D eigenvalue weighted by molar-refractivity contribution is 5.80. The van der Waals surface area contributed by atoms with Crippen molar-refractivity contribution in [1.82, 2.24) is 0 Å². The van der Waals surface area contributed by atoms with E-state index in [2.05, 4.69) is 9.47 Å². The molecule has 0 aliphatic heterocycles. The van der Waals surface area contributed by atoms with E-state index < -0.39 is 85.1 Å². The van der Waals surface area contributed by atoms with Crippen molar-refractivity contribution in [1.29, 1.82) is 0 Å². The molecule has 0 radical (unpaired) electrons. The van der Waals surface area contributed by atoms with Crippen LogP contribution in [0.25, 0.3) is 0 Å². The maximum Gasteiger partial charge on any atom is 0.460 e. The minimum Gasteiger partial charge on any atom is -0.465 e. The van der Waals surface area contributed by atoms with Crippen molar-refractivity contribution in [2.24, 2.45) is 5.92 Å². The number of alkyl halides is 17. The van der Waals surface area contributed by atoms with Crippen LogP contribution in [-0.2, 0) is 19.1 Å². The second-order valence-electron chi connectivity index (χ2n) is 7.70. The molecule has 4 nitrogen and oxygen atoms in total. The molecule has 2 unspecified atom stereocenters. The molecule has 0 amide bonds. The first kappa shape index (κ1) is 35.8. The van der Waals surface area contributed by atoms with Gasteiger partial charge in [0.15, 0.2) is 5.60 Å². The van der Waals surface area contributed by atoms with Gasteiger partial charge in [0.25, 0.3) is 0 Å². The Kier molecular flexibility index (Phi) is 10.1. The third-order valence-electron chi connectivity index (χ3n) is 4.87. The molecule has 0 fully saturated rings. The lowest BCUT2D eigenvalue weighted by atomic mass is 9.86. The maximum atomic E-state index is 14.2. The lowest BCUT2D eigenvalue weighted by Crippen LogP contribution is -2.67. The Bertz CT molecular complexity index is 843. The molecule has 0 bridgehead atoms. The van der Waals surface area contributed by atoms with E-state index in [9.17, 15) is 84.2 Å². The molecule has 0 aliphatic rings. The summed E-state index contributed by atoms with van der Waals surface area (Å²) >= 11 is 0. The van der Waals surface area contributed by atoms with Crippen molar-refractivity contribution < 1.29 is 93.7 Å². The average Bonchev–Trinajstić information content (AvgIpc) is 2.69. The highest BCUT2D eigenvalue weighted by Gasteiger charge is 2.85. The van der Waals surface area contributed by atoms with E-state index in [4.69, 9.17) is 0 Å². The van der Waals surface area contributed by atoms with E-state index >= 15 is 0 Å². The van der Waals surface area contributed by atoms with Crippen LogP contribution in [0.5, 0.6) is 0 Å². The molecule has 38 heavy (non-hydrogen) atoms. The number of carbonyl (C=O) groups excluding carboxylic acids is 2. The van der Waals surface area contributed by atoms with Crippen LogP contribution in [0.2, 0.25) is 0 Å². The Hall–Kier alpha value is -2.25. The number of hydrogen-bond acceptors (Lipinski definition) is 4. The van der Waals surface area contributed by atoms with Crippen LogP contribution in [0.1, 0.15) is 33.1 Å². The van der Waals surface area contributed by atoms with Gasteiger partial charge in [-0.3, -0.25) is 4.79 Å². The molecule has 0 spiro atoms. The van der Waals surface area contributed by atoms with E-state index in [-0.39, 0.29) is 6.42 Å². The van der Waals surface area contributed by atoms with Gasteiger partial charge >= 0.3 is 54.2 Å². The summed E-state index contributed by atoms with van der Waals surface area (Å²) in [5.74, 6) is -38.0. The van der Waals surface area contributed by atoms with Gasteiger partial charge in [-0.25, -0.2) is 4.79 Å². The number of hydrogen-bond donors (Lipinski definition) is 0. The molecule has 0 aliphatic carbocycles. The highest BCUT2D eigenvalue weighted by Crippen LogP contribution is 2.56. The quantitative estimate of drug-likeness (QED) is 0.191. The first-order chi connectivity index (χ1) is 16.5. The third kappa shape index (κ3) is 6.84. The van der Waals surface area contributed by atoms with Crippen molar-refractivity contribution in [3.8, 4) is 0 Å². The van der Waals surface area contributed by atoms with Crippen LogP contribution < -0.4 is 0 Å². The van der Waals surface area contributed by atoms with E-state index in [0.717, 1.165) is 6.92 Å². The summed E-state index contributed by atoms with van der Waals surface area (Å²) in [4.78, 5) is 23.0. The van der Waals surface area contributed by atoms with Gasteiger partial charge in [-0.2, -0.15) is 74.6 Å². The zero-order valence-electron chi connectivity index (χ0n) is 18.5. The van der Waals surface area contributed by atoms with Gasteiger partial charge in [-0.05, 0) is 6.42 Å². The standard InChI is InChI=1S/C17H15F17O4/c1-3-7(2)8(35)37-5-4-10(6-11(18,19)20,13(23,24)16(29,30)31)38-9(36)12(21,22)14(25,26)15(27,28)17(32,33)34/h7H,3-6H2,1-2H3. The monoisotopic (exact) mass is 606 g/mol. The van der Waals surface area contributed by atoms with E-state index in [1.807, 2.05) is 0 Å². The van der Waals surface area contributed by atoms with Crippen LogP contribution in [0.4, 0.5) is 74.6 Å². The van der Waals surface area contributed by atoms with Gasteiger partial charge in [0, 0.05) is 6.42 Å². The Morgan fingerprint density at radius 3 is 1.45 bits per heavy atom. The molecular formula is C17H15F17O4. The van der Waals surface area contributed by atoms with Crippen LogP contribution in [0, 0.1) is 5.92 Å². The summed E-state index contributed by atoms with van der Waals surface area (Å²) in [6.07, 6.45) is -27.9.